The number of hydrogen-bond donors (Lipinski definition) is 0. The van der Waals surface area contributed by atoms with E-state index in [4.69, 9.17) is 9.47 Å². The van der Waals surface area contributed by atoms with Gasteiger partial charge in [0.2, 0.25) is 0 Å². The van der Waals surface area contributed by atoms with Crippen LogP contribution in [0.5, 0.6) is 11.5 Å². The minimum absolute atomic E-state index is 0.288. The van der Waals surface area contributed by atoms with Crippen molar-refractivity contribution in [1.29, 1.82) is 0 Å². The Morgan fingerprint density at radius 2 is 1.48 bits per heavy atom. The topological polar surface area (TPSA) is 35.5 Å². The molecule has 0 aliphatic heterocycles. The second-order valence-corrected chi connectivity index (χ2v) is 7.34. The Morgan fingerprint density at radius 1 is 0.897 bits per heavy atom. The predicted octanol–water partition coefficient (Wildman–Crippen LogP) is 6.06. The van der Waals surface area contributed by atoms with Crippen LogP contribution < -0.4 is 9.47 Å². The zero-order chi connectivity index (χ0) is 21.0. The third-order valence-corrected chi connectivity index (χ3v) is 5.36. The molecule has 0 saturated heterocycles. The molecule has 0 spiro atoms. The Balaban J connectivity index is 1.59. The predicted molar refractivity (Wildman–Crippen MR) is 98.9 cm³/mol. The third kappa shape index (κ3) is 5.28. The van der Waals surface area contributed by atoms with Gasteiger partial charge in [-0.25, -0.2) is 22.4 Å². The lowest BCUT2D eigenvalue weighted by Crippen LogP contribution is -2.20. The van der Waals surface area contributed by atoms with Gasteiger partial charge in [0.1, 0.15) is 17.3 Å². The molecule has 1 aliphatic rings. The normalized spacial score (nSPS) is 19.1. The zero-order valence-corrected chi connectivity index (χ0v) is 16.0. The Bertz CT molecular complexity index is 853. The number of carbonyl (C=O) groups excluding carboxylic acids is 1. The van der Waals surface area contributed by atoms with E-state index in [9.17, 15) is 22.4 Å². The van der Waals surface area contributed by atoms with Crippen molar-refractivity contribution in [3.8, 4) is 11.5 Å². The molecule has 0 aromatic heterocycles. The van der Waals surface area contributed by atoms with Gasteiger partial charge in [0.05, 0.1) is 12.2 Å². The second kappa shape index (κ2) is 9.29. The molecular weight excluding hydrogens is 388 g/mol. The SMILES string of the molecule is CCC1CCC(COc2ccc(C(=O)Oc3cc(F)c(F)c(F)c3)c(F)c2)CC1. The van der Waals surface area contributed by atoms with Crippen molar-refractivity contribution in [1.82, 2.24) is 0 Å². The summed E-state index contributed by atoms with van der Waals surface area (Å²) in [7, 11) is 0. The molecule has 1 fully saturated rings. The first-order chi connectivity index (χ1) is 13.9. The Hall–Kier alpha value is -2.57. The van der Waals surface area contributed by atoms with E-state index in [1.54, 1.807) is 0 Å². The van der Waals surface area contributed by atoms with Crippen LogP contribution in [-0.4, -0.2) is 12.6 Å². The highest BCUT2D eigenvalue weighted by Crippen LogP contribution is 2.31. The molecule has 1 aliphatic carbocycles. The van der Waals surface area contributed by atoms with Crippen LogP contribution in [0.3, 0.4) is 0 Å². The maximum Gasteiger partial charge on any atom is 0.346 e. The zero-order valence-electron chi connectivity index (χ0n) is 16.0. The molecule has 0 N–H and O–H groups in total. The molecule has 2 aromatic rings. The van der Waals surface area contributed by atoms with E-state index in [0.717, 1.165) is 24.8 Å². The van der Waals surface area contributed by atoms with Crippen LogP contribution in [-0.2, 0) is 0 Å². The highest BCUT2D eigenvalue weighted by Gasteiger charge is 2.21. The summed E-state index contributed by atoms with van der Waals surface area (Å²) in [5, 5.41) is 0. The van der Waals surface area contributed by atoms with Gasteiger partial charge in [-0.15, -0.1) is 0 Å². The number of ether oxygens (including phenoxy) is 2. The molecule has 29 heavy (non-hydrogen) atoms. The number of carbonyl (C=O) groups is 1. The van der Waals surface area contributed by atoms with Crippen LogP contribution in [0.4, 0.5) is 17.6 Å². The number of halogens is 4. The summed E-state index contributed by atoms with van der Waals surface area (Å²) in [5.41, 5.74) is -0.425. The van der Waals surface area contributed by atoms with Gasteiger partial charge in [-0.05, 0) is 36.8 Å². The van der Waals surface area contributed by atoms with E-state index >= 15 is 0 Å². The van der Waals surface area contributed by atoms with E-state index in [1.165, 1.54) is 31.4 Å². The fraction of sp³-hybridized carbons (Fsp3) is 0.409. The first kappa shape index (κ1) is 21.1. The van der Waals surface area contributed by atoms with Gasteiger partial charge >= 0.3 is 5.97 Å². The lowest BCUT2D eigenvalue weighted by Gasteiger charge is -2.27. The molecule has 0 amide bonds. The lowest BCUT2D eigenvalue weighted by molar-refractivity contribution is 0.0728. The fourth-order valence-corrected chi connectivity index (χ4v) is 3.52. The summed E-state index contributed by atoms with van der Waals surface area (Å²) in [6, 6.07) is 4.71. The van der Waals surface area contributed by atoms with E-state index in [0.29, 0.717) is 24.7 Å². The number of esters is 1. The van der Waals surface area contributed by atoms with E-state index in [-0.39, 0.29) is 5.75 Å². The molecule has 0 atom stereocenters. The highest BCUT2D eigenvalue weighted by atomic mass is 19.2. The van der Waals surface area contributed by atoms with Gasteiger partial charge in [-0.2, -0.15) is 0 Å². The first-order valence-corrected chi connectivity index (χ1v) is 9.66. The first-order valence-electron chi connectivity index (χ1n) is 9.66. The van der Waals surface area contributed by atoms with Gasteiger partial charge < -0.3 is 9.47 Å². The highest BCUT2D eigenvalue weighted by molar-refractivity contribution is 5.91. The molecule has 1 saturated carbocycles. The molecular formula is C22H22F4O3. The molecule has 0 heterocycles. The van der Waals surface area contributed by atoms with Crippen molar-refractivity contribution in [2.24, 2.45) is 11.8 Å². The number of hydrogen-bond acceptors (Lipinski definition) is 3. The largest absolute Gasteiger partial charge is 0.493 e. The molecule has 0 radical (unpaired) electrons. The standard InChI is InChI=1S/C22H22F4O3/c1-2-13-3-5-14(6-4-13)12-28-15-7-8-17(18(23)9-15)22(27)29-16-10-19(24)21(26)20(25)11-16/h7-11,13-14H,2-6,12H2,1H3. The summed E-state index contributed by atoms with van der Waals surface area (Å²) in [6.07, 6.45) is 5.70. The smallest absolute Gasteiger partial charge is 0.346 e. The van der Waals surface area contributed by atoms with Crippen LogP contribution in [0.15, 0.2) is 30.3 Å². The average molecular weight is 410 g/mol. The summed E-state index contributed by atoms with van der Waals surface area (Å²) < 4.78 is 64.1. The molecule has 3 rings (SSSR count). The summed E-state index contributed by atoms with van der Waals surface area (Å²) in [4.78, 5) is 12.1. The molecule has 0 bridgehead atoms. The van der Waals surface area contributed by atoms with Crippen molar-refractivity contribution in [3.63, 3.8) is 0 Å². The Labute approximate surface area is 166 Å². The van der Waals surface area contributed by atoms with Crippen molar-refractivity contribution in [2.75, 3.05) is 6.61 Å². The van der Waals surface area contributed by atoms with Crippen molar-refractivity contribution >= 4 is 5.97 Å². The maximum absolute atomic E-state index is 14.3. The van der Waals surface area contributed by atoms with Crippen molar-refractivity contribution in [2.45, 2.75) is 39.0 Å². The van der Waals surface area contributed by atoms with Gasteiger partial charge in [0, 0.05) is 18.2 Å². The fourth-order valence-electron chi connectivity index (χ4n) is 3.52. The maximum atomic E-state index is 14.3. The van der Waals surface area contributed by atoms with Gasteiger partial charge in [0.15, 0.2) is 17.5 Å². The van der Waals surface area contributed by atoms with Crippen LogP contribution in [0.25, 0.3) is 0 Å². The van der Waals surface area contributed by atoms with Crippen molar-refractivity contribution in [3.05, 3.63) is 59.2 Å². The number of benzene rings is 2. The average Bonchev–Trinajstić information content (AvgIpc) is 2.70. The van der Waals surface area contributed by atoms with Crippen LogP contribution in [0, 0.1) is 35.1 Å². The summed E-state index contributed by atoms with van der Waals surface area (Å²) >= 11 is 0. The second-order valence-electron chi connectivity index (χ2n) is 7.34. The van der Waals surface area contributed by atoms with Gasteiger partial charge in [-0.3, -0.25) is 0 Å². The van der Waals surface area contributed by atoms with Gasteiger partial charge in [0.25, 0.3) is 0 Å². The van der Waals surface area contributed by atoms with E-state index in [1.807, 2.05) is 0 Å². The van der Waals surface area contributed by atoms with Crippen molar-refractivity contribution < 1.29 is 31.8 Å². The Morgan fingerprint density at radius 3 is 2.07 bits per heavy atom. The molecule has 7 heteroatoms. The lowest BCUT2D eigenvalue weighted by atomic mass is 9.81. The molecule has 3 nitrogen and oxygen atoms in total. The number of rotatable bonds is 6. The molecule has 2 aromatic carbocycles. The van der Waals surface area contributed by atoms with Crippen LogP contribution >= 0.6 is 0 Å². The summed E-state index contributed by atoms with van der Waals surface area (Å²) in [5.74, 6) is -5.81. The van der Waals surface area contributed by atoms with Crippen LogP contribution in [0.1, 0.15) is 49.4 Å². The minimum atomic E-state index is -1.68. The van der Waals surface area contributed by atoms with E-state index in [2.05, 4.69) is 6.92 Å². The minimum Gasteiger partial charge on any atom is -0.493 e. The quantitative estimate of drug-likeness (QED) is 0.251. The Kier molecular flexibility index (Phi) is 6.77. The van der Waals surface area contributed by atoms with E-state index < -0.39 is 40.6 Å². The monoisotopic (exact) mass is 410 g/mol. The molecule has 0 unspecified atom stereocenters. The third-order valence-electron chi connectivity index (χ3n) is 5.36. The summed E-state index contributed by atoms with van der Waals surface area (Å²) in [6.45, 7) is 2.67. The molecule has 156 valence electrons. The van der Waals surface area contributed by atoms with Gasteiger partial charge in [-0.1, -0.05) is 26.2 Å². The van der Waals surface area contributed by atoms with Crippen LogP contribution in [0.2, 0.25) is 0 Å².